The minimum absolute atomic E-state index is 0.162. The largest absolute Gasteiger partial charge is 0.376 e. The van der Waals surface area contributed by atoms with Crippen molar-refractivity contribution in [3.8, 4) is 0 Å². The topological polar surface area (TPSA) is 39.1 Å². The van der Waals surface area contributed by atoms with Crippen molar-refractivity contribution >= 4 is 0 Å². The highest BCUT2D eigenvalue weighted by Crippen LogP contribution is 2.19. The maximum atomic E-state index is 5.71. The van der Waals surface area contributed by atoms with Gasteiger partial charge >= 0.3 is 0 Å². The first-order valence-corrected chi connectivity index (χ1v) is 5.50. The second kappa shape index (κ2) is 5.88. The van der Waals surface area contributed by atoms with E-state index in [-0.39, 0.29) is 12.1 Å². The highest BCUT2D eigenvalue weighted by Gasteiger charge is 2.23. The molecule has 1 aromatic rings. The molecule has 0 fully saturated rings. The molecule has 4 nitrogen and oxygen atoms in total. The molecule has 15 heavy (non-hydrogen) atoms. The number of nitrogens with one attached hydrogen (secondary N) is 1. The zero-order valence-electron chi connectivity index (χ0n) is 10.0. The maximum absolute atomic E-state index is 5.71. The third-order valence-electron chi connectivity index (χ3n) is 2.60. The predicted molar refractivity (Wildman–Crippen MR) is 60.7 cm³/mol. The van der Waals surface area contributed by atoms with Crippen LogP contribution in [-0.4, -0.2) is 29.3 Å². The van der Waals surface area contributed by atoms with Crippen LogP contribution >= 0.6 is 0 Å². The van der Waals surface area contributed by atoms with Crippen molar-refractivity contribution in [2.75, 3.05) is 13.7 Å². The second-order valence-electron chi connectivity index (χ2n) is 3.56. The van der Waals surface area contributed by atoms with E-state index in [4.69, 9.17) is 4.74 Å². The number of ether oxygens (including phenoxy) is 1. The molecule has 2 unspecified atom stereocenters. The van der Waals surface area contributed by atoms with Crippen molar-refractivity contribution in [3.05, 3.63) is 18.2 Å². The van der Waals surface area contributed by atoms with E-state index in [0.717, 1.165) is 18.9 Å². The van der Waals surface area contributed by atoms with Gasteiger partial charge in [0.05, 0.1) is 12.1 Å². The van der Waals surface area contributed by atoms with Gasteiger partial charge in [0, 0.05) is 26.0 Å². The lowest BCUT2D eigenvalue weighted by atomic mass is 10.1. The first-order valence-electron chi connectivity index (χ1n) is 5.50. The molecule has 0 bridgehead atoms. The van der Waals surface area contributed by atoms with E-state index in [9.17, 15) is 0 Å². The standard InChI is InChI=1S/C11H21N3O/c1-5-9(15-6-2)10(12-3)11-13-7-8-14(11)4/h7-10,12H,5-6H2,1-4H3. The summed E-state index contributed by atoms with van der Waals surface area (Å²) in [5.41, 5.74) is 0. The average Bonchev–Trinajstić information content (AvgIpc) is 2.65. The van der Waals surface area contributed by atoms with E-state index in [1.165, 1.54) is 0 Å². The summed E-state index contributed by atoms with van der Waals surface area (Å²) in [4.78, 5) is 4.36. The van der Waals surface area contributed by atoms with Gasteiger partial charge in [0.25, 0.3) is 0 Å². The number of imidazole rings is 1. The number of likely N-dealkylation sites (N-methyl/N-ethyl adjacent to an activating group) is 1. The fourth-order valence-electron chi connectivity index (χ4n) is 1.82. The Hall–Kier alpha value is -0.870. The van der Waals surface area contributed by atoms with E-state index in [1.807, 2.05) is 38.0 Å². The smallest absolute Gasteiger partial charge is 0.128 e. The van der Waals surface area contributed by atoms with E-state index in [1.54, 1.807) is 0 Å². The fraction of sp³-hybridized carbons (Fsp3) is 0.727. The van der Waals surface area contributed by atoms with Crippen LogP contribution in [-0.2, 0) is 11.8 Å². The lowest BCUT2D eigenvalue weighted by molar-refractivity contribution is 0.0305. The SMILES string of the molecule is CCOC(CC)C(NC)c1nccn1C. The maximum Gasteiger partial charge on any atom is 0.128 e. The average molecular weight is 211 g/mol. The zero-order chi connectivity index (χ0) is 11.3. The molecule has 1 rings (SSSR count). The van der Waals surface area contributed by atoms with Gasteiger partial charge in [-0.25, -0.2) is 4.98 Å². The van der Waals surface area contributed by atoms with Gasteiger partial charge < -0.3 is 14.6 Å². The van der Waals surface area contributed by atoms with Crippen molar-refractivity contribution in [2.24, 2.45) is 7.05 Å². The van der Waals surface area contributed by atoms with Gasteiger partial charge in [0.1, 0.15) is 5.82 Å². The Morgan fingerprint density at radius 3 is 2.67 bits per heavy atom. The van der Waals surface area contributed by atoms with Crippen LogP contribution < -0.4 is 5.32 Å². The van der Waals surface area contributed by atoms with E-state index < -0.39 is 0 Å². The molecule has 86 valence electrons. The van der Waals surface area contributed by atoms with Crippen molar-refractivity contribution in [3.63, 3.8) is 0 Å². The molecule has 1 N–H and O–H groups in total. The van der Waals surface area contributed by atoms with Crippen LogP contribution in [0.4, 0.5) is 0 Å². The molecule has 0 saturated carbocycles. The van der Waals surface area contributed by atoms with Gasteiger partial charge in [0.2, 0.25) is 0 Å². The summed E-state index contributed by atoms with van der Waals surface area (Å²) >= 11 is 0. The van der Waals surface area contributed by atoms with E-state index in [0.29, 0.717) is 0 Å². The second-order valence-corrected chi connectivity index (χ2v) is 3.56. The third-order valence-corrected chi connectivity index (χ3v) is 2.60. The fourth-order valence-corrected chi connectivity index (χ4v) is 1.82. The number of aromatic nitrogens is 2. The molecular formula is C11H21N3O. The number of aryl methyl sites for hydroxylation is 1. The molecule has 1 aromatic heterocycles. The zero-order valence-corrected chi connectivity index (χ0v) is 10.0. The monoisotopic (exact) mass is 211 g/mol. The van der Waals surface area contributed by atoms with Gasteiger partial charge in [-0.15, -0.1) is 0 Å². The van der Waals surface area contributed by atoms with Crippen LogP contribution in [0.15, 0.2) is 12.4 Å². The van der Waals surface area contributed by atoms with Crippen LogP contribution in [0.1, 0.15) is 32.1 Å². The quantitative estimate of drug-likeness (QED) is 0.775. The van der Waals surface area contributed by atoms with Crippen LogP contribution in [0, 0.1) is 0 Å². The molecule has 1 heterocycles. The Morgan fingerprint density at radius 2 is 2.27 bits per heavy atom. The van der Waals surface area contributed by atoms with Gasteiger partial charge in [-0.3, -0.25) is 0 Å². The molecule has 2 atom stereocenters. The molecule has 0 saturated heterocycles. The minimum atomic E-state index is 0.162. The summed E-state index contributed by atoms with van der Waals surface area (Å²) in [6, 6.07) is 0.162. The van der Waals surface area contributed by atoms with Gasteiger partial charge in [-0.05, 0) is 20.4 Å². The molecular weight excluding hydrogens is 190 g/mol. The van der Waals surface area contributed by atoms with Crippen LogP contribution in [0.2, 0.25) is 0 Å². The number of rotatable bonds is 6. The predicted octanol–water partition coefficient (Wildman–Crippen LogP) is 1.50. The molecule has 4 heteroatoms. The van der Waals surface area contributed by atoms with Crippen molar-refractivity contribution in [1.82, 2.24) is 14.9 Å². The van der Waals surface area contributed by atoms with Crippen LogP contribution in [0.5, 0.6) is 0 Å². The lowest BCUT2D eigenvalue weighted by Gasteiger charge is -2.25. The van der Waals surface area contributed by atoms with Crippen LogP contribution in [0.25, 0.3) is 0 Å². The molecule has 0 aliphatic carbocycles. The summed E-state index contributed by atoms with van der Waals surface area (Å²) in [6.45, 7) is 4.89. The van der Waals surface area contributed by atoms with E-state index in [2.05, 4.69) is 17.2 Å². The molecule has 0 spiro atoms. The van der Waals surface area contributed by atoms with Crippen molar-refractivity contribution < 1.29 is 4.74 Å². The molecule has 0 radical (unpaired) electrons. The molecule has 0 amide bonds. The normalized spacial score (nSPS) is 15.2. The highest BCUT2D eigenvalue weighted by atomic mass is 16.5. The Bertz CT molecular complexity index is 285. The summed E-state index contributed by atoms with van der Waals surface area (Å²) in [5, 5.41) is 3.27. The highest BCUT2D eigenvalue weighted by molar-refractivity contribution is 5.01. The minimum Gasteiger partial charge on any atom is -0.376 e. The number of hydrogen-bond acceptors (Lipinski definition) is 3. The lowest BCUT2D eigenvalue weighted by Crippen LogP contribution is -2.33. The summed E-state index contributed by atoms with van der Waals surface area (Å²) in [6.07, 6.45) is 4.93. The Kier molecular flexibility index (Phi) is 4.78. The molecule has 0 aromatic carbocycles. The summed E-state index contributed by atoms with van der Waals surface area (Å²) in [7, 11) is 3.95. The van der Waals surface area contributed by atoms with Gasteiger partial charge in [-0.1, -0.05) is 6.92 Å². The number of nitrogens with zero attached hydrogens (tertiary/aromatic N) is 2. The Labute approximate surface area is 91.7 Å². The summed E-state index contributed by atoms with van der Waals surface area (Å²) < 4.78 is 7.74. The Morgan fingerprint density at radius 1 is 1.53 bits per heavy atom. The van der Waals surface area contributed by atoms with Crippen molar-refractivity contribution in [2.45, 2.75) is 32.4 Å². The number of hydrogen-bond donors (Lipinski definition) is 1. The van der Waals surface area contributed by atoms with Crippen LogP contribution in [0.3, 0.4) is 0 Å². The Balaban J connectivity index is 2.82. The third kappa shape index (κ3) is 2.79. The summed E-state index contributed by atoms with van der Waals surface area (Å²) in [5.74, 6) is 1.03. The van der Waals surface area contributed by atoms with E-state index >= 15 is 0 Å². The van der Waals surface area contributed by atoms with Gasteiger partial charge in [-0.2, -0.15) is 0 Å². The molecule has 0 aliphatic rings. The van der Waals surface area contributed by atoms with Gasteiger partial charge in [0.15, 0.2) is 0 Å². The first-order chi connectivity index (χ1) is 7.24. The molecule has 0 aliphatic heterocycles. The van der Waals surface area contributed by atoms with Crippen molar-refractivity contribution in [1.29, 1.82) is 0 Å². The first kappa shape index (κ1) is 12.2.